The average molecular weight is 515 g/mol. The number of ketones is 1. The Morgan fingerprint density at radius 2 is 1.77 bits per heavy atom. The molecule has 3 aromatic carbocycles. The van der Waals surface area contributed by atoms with Gasteiger partial charge in [0.1, 0.15) is 17.4 Å². The molecule has 0 radical (unpaired) electrons. The number of carbonyl (C=O) groups is 1. The van der Waals surface area contributed by atoms with E-state index in [1.54, 1.807) is 24.3 Å². The fourth-order valence-corrected chi connectivity index (χ4v) is 3.38. The molecule has 8 heteroatoms. The molecule has 0 heterocycles. The van der Waals surface area contributed by atoms with E-state index in [0.29, 0.717) is 18.0 Å². The second kappa shape index (κ2) is 10.2. The largest absolute Gasteiger partial charge is 0.494 e. The Morgan fingerprint density at radius 1 is 0.967 bits per heavy atom. The van der Waals surface area contributed by atoms with Crippen molar-refractivity contribution in [2.24, 2.45) is 0 Å². The molecule has 156 valence electrons. The zero-order valence-electron chi connectivity index (χ0n) is 15.5. The Hall–Kier alpha value is -2.15. The van der Waals surface area contributed by atoms with Gasteiger partial charge in [-0.1, -0.05) is 39.1 Å². The fourth-order valence-electron chi connectivity index (χ4n) is 2.68. The summed E-state index contributed by atoms with van der Waals surface area (Å²) < 4.78 is 32.8. The molecular weight excluding hydrogens is 499 g/mol. The van der Waals surface area contributed by atoms with Crippen molar-refractivity contribution < 1.29 is 18.3 Å². The van der Waals surface area contributed by atoms with Crippen LogP contribution in [0.2, 0.25) is 10.0 Å². The summed E-state index contributed by atoms with van der Waals surface area (Å²) in [5.41, 5.74) is 0.841. The molecule has 30 heavy (non-hydrogen) atoms. The van der Waals surface area contributed by atoms with Crippen molar-refractivity contribution in [1.29, 1.82) is 0 Å². The van der Waals surface area contributed by atoms with Gasteiger partial charge in [-0.25, -0.2) is 8.78 Å². The van der Waals surface area contributed by atoms with Crippen molar-refractivity contribution in [3.05, 3.63) is 87.4 Å². The van der Waals surface area contributed by atoms with Crippen LogP contribution in [-0.4, -0.2) is 17.7 Å². The van der Waals surface area contributed by atoms with Crippen LogP contribution >= 0.6 is 39.1 Å². The first kappa shape index (κ1) is 22.5. The van der Waals surface area contributed by atoms with E-state index in [4.69, 9.17) is 27.9 Å². The normalized spacial score (nSPS) is 10.7. The van der Waals surface area contributed by atoms with Crippen LogP contribution in [0.25, 0.3) is 0 Å². The molecule has 0 fully saturated rings. The number of anilines is 2. The van der Waals surface area contributed by atoms with Gasteiger partial charge in [0.15, 0.2) is 5.78 Å². The molecule has 0 amide bonds. The second-order valence-electron chi connectivity index (χ2n) is 6.31. The SMILES string of the molecule is O=C(c1ccc(Nc2cc(F)ccc2F)cc1Cl)c1cc(OCCCBr)ccc1Cl. The lowest BCUT2D eigenvalue weighted by Crippen LogP contribution is -2.05. The minimum atomic E-state index is -0.615. The summed E-state index contributed by atoms with van der Waals surface area (Å²) in [7, 11) is 0. The molecular formula is C22H16BrCl2F2NO2. The maximum atomic E-state index is 13.8. The van der Waals surface area contributed by atoms with Crippen molar-refractivity contribution in [1.82, 2.24) is 0 Å². The van der Waals surface area contributed by atoms with Crippen LogP contribution in [0.1, 0.15) is 22.3 Å². The number of benzene rings is 3. The van der Waals surface area contributed by atoms with E-state index in [9.17, 15) is 13.6 Å². The number of rotatable bonds is 8. The molecule has 3 nitrogen and oxygen atoms in total. The van der Waals surface area contributed by atoms with Crippen molar-refractivity contribution in [3.63, 3.8) is 0 Å². The third-order valence-corrected chi connectivity index (χ3v) is 5.35. The van der Waals surface area contributed by atoms with E-state index in [1.807, 2.05) is 0 Å². The first-order valence-electron chi connectivity index (χ1n) is 8.93. The van der Waals surface area contributed by atoms with Crippen molar-refractivity contribution >= 4 is 56.3 Å². The van der Waals surface area contributed by atoms with E-state index in [-0.39, 0.29) is 32.6 Å². The molecule has 0 bridgehead atoms. The van der Waals surface area contributed by atoms with Crippen LogP contribution < -0.4 is 10.1 Å². The molecule has 1 N–H and O–H groups in total. The highest BCUT2D eigenvalue weighted by atomic mass is 79.9. The molecule has 3 aromatic rings. The van der Waals surface area contributed by atoms with Crippen LogP contribution in [0.3, 0.4) is 0 Å². The molecule has 0 saturated heterocycles. The maximum absolute atomic E-state index is 13.8. The number of carbonyl (C=O) groups excluding carboxylic acids is 1. The third-order valence-electron chi connectivity index (χ3n) is 4.15. The second-order valence-corrected chi connectivity index (χ2v) is 7.91. The lowest BCUT2D eigenvalue weighted by molar-refractivity contribution is 0.103. The van der Waals surface area contributed by atoms with Crippen LogP contribution in [0.15, 0.2) is 54.6 Å². The molecule has 0 aromatic heterocycles. The minimum Gasteiger partial charge on any atom is -0.494 e. The summed E-state index contributed by atoms with van der Waals surface area (Å²) in [6.45, 7) is 0.498. The number of hydrogen-bond acceptors (Lipinski definition) is 3. The Morgan fingerprint density at radius 3 is 2.50 bits per heavy atom. The highest BCUT2D eigenvalue weighted by molar-refractivity contribution is 9.09. The van der Waals surface area contributed by atoms with Gasteiger partial charge in [-0.05, 0) is 55.0 Å². The predicted octanol–water partition coefficient (Wildman–Crippen LogP) is 7.41. The van der Waals surface area contributed by atoms with Gasteiger partial charge < -0.3 is 10.1 Å². The predicted molar refractivity (Wildman–Crippen MR) is 120 cm³/mol. The lowest BCUT2D eigenvalue weighted by Gasteiger charge is -2.12. The van der Waals surface area contributed by atoms with E-state index >= 15 is 0 Å². The van der Waals surface area contributed by atoms with Gasteiger partial charge in [0.05, 0.1) is 22.3 Å². The van der Waals surface area contributed by atoms with Crippen LogP contribution in [0.5, 0.6) is 5.75 Å². The molecule has 3 rings (SSSR count). The molecule has 0 saturated carbocycles. The number of ether oxygens (including phenoxy) is 1. The number of hydrogen-bond donors (Lipinski definition) is 1. The molecule has 0 atom stereocenters. The molecule has 0 aliphatic heterocycles. The van der Waals surface area contributed by atoms with Crippen LogP contribution in [0, 0.1) is 11.6 Å². The first-order valence-corrected chi connectivity index (χ1v) is 10.8. The summed E-state index contributed by atoms with van der Waals surface area (Å²) in [4.78, 5) is 13.0. The summed E-state index contributed by atoms with van der Waals surface area (Å²) >= 11 is 15.8. The standard InChI is InChI=1S/C22H16BrCl2F2NO2/c23-8-1-9-30-15-4-6-18(24)17(12-15)22(29)16-5-3-14(11-19(16)25)28-21-10-13(26)2-7-20(21)27/h2-7,10-12,28H,1,8-9H2. The zero-order chi connectivity index (χ0) is 21.7. The van der Waals surface area contributed by atoms with Crippen molar-refractivity contribution in [3.8, 4) is 5.75 Å². The minimum absolute atomic E-state index is 0.0403. The summed E-state index contributed by atoms with van der Waals surface area (Å²) in [6.07, 6.45) is 0.818. The Kier molecular flexibility index (Phi) is 7.69. The average Bonchev–Trinajstić information content (AvgIpc) is 2.72. The Labute approximate surface area is 191 Å². The van der Waals surface area contributed by atoms with E-state index < -0.39 is 11.6 Å². The van der Waals surface area contributed by atoms with Gasteiger partial charge in [-0.2, -0.15) is 0 Å². The molecule has 0 aliphatic carbocycles. The van der Waals surface area contributed by atoms with Gasteiger partial charge in [0, 0.05) is 28.2 Å². The Bertz CT molecular complexity index is 1080. The Balaban J connectivity index is 1.83. The van der Waals surface area contributed by atoms with Gasteiger partial charge in [-0.15, -0.1) is 0 Å². The number of nitrogens with one attached hydrogen (secondary N) is 1. The number of alkyl halides is 1. The van der Waals surface area contributed by atoms with Gasteiger partial charge in [-0.3, -0.25) is 4.79 Å². The monoisotopic (exact) mass is 513 g/mol. The van der Waals surface area contributed by atoms with Gasteiger partial charge in [0.25, 0.3) is 0 Å². The van der Waals surface area contributed by atoms with Crippen molar-refractivity contribution in [2.75, 3.05) is 17.3 Å². The van der Waals surface area contributed by atoms with E-state index in [1.165, 1.54) is 12.1 Å². The van der Waals surface area contributed by atoms with Gasteiger partial charge in [0.2, 0.25) is 0 Å². The number of halogens is 5. The molecule has 0 spiro atoms. The van der Waals surface area contributed by atoms with Crippen LogP contribution in [-0.2, 0) is 0 Å². The molecule has 0 unspecified atom stereocenters. The lowest BCUT2D eigenvalue weighted by atomic mass is 10.0. The summed E-state index contributed by atoms with van der Waals surface area (Å²) in [6, 6.07) is 12.4. The fraction of sp³-hybridized carbons (Fsp3) is 0.136. The van der Waals surface area contributed by atoms with Crippen LogP contribution in [0.4, 0.5) is 20.2 Å². The quantitative estimate of drug-likeness (QED) is 0.193. The van der Waals surface area contributed by atoms with Gasteiger partial charge >= 0.3 is 0 Å². The van der Waals surface area contributed by atoms with E-state index in [2.05, 4.69) is 21.2 Å². The highest BCUT2D eigenvalue weighted by Crippen LogP contribution is 2.30. The smallest absolute Gasteiger partial charge is 0.196 e. The first-order chi connectivity index (χ1) is 14.4. The third kappa shape index (κ3) is 5.50. The zero-order valence-corrected chi connectivity index (χ0v) is 18.6. The summed E-state index contributed by atoms with van der Waals surface area (Å²) in [5, 5.41) is 3.97. The van der Waals surface area contributed by atoms with Crippen molar-refractivity contribution in [2.45, 2.75) is 6.42 Å². The topological polar surface area (TPSA) is 38.3 Å². The molecule has 0 aliphatic rings. The van der Waals surface area contributed by atoms with E-state index in [0.717, 1.165) is 30.0 Å². The summed E-state index contributed by atoms with van der Waals surface area (Å²) in [5.74, 6) is -1.04. The maximum Gasteiger partial charge on any atom is 0.196 e. The highest BCUT2D eigenvalue weighted by Gasteiger charge is 2.18.